The Bertz CT molecular complexity index is 987. The molecule has 0 fully saturated rings. The standard InChI is InChI=1S/C20H17F2NO6/c1-25-15-8-7-11(16(26-2)17(15)27-3)10-14-19(24)29-18(23-14)12-5-4-6-13(9-12)28-20(21)22/h4-10,20H,1-3H3/b14-10-. The third-order valence-corrected chi connectivity index (χ3v) is 3.95. The second-order valence-electron chi connectivity index (χ2n) is 5.67. The fraction of sp³-hybridized carbons (Fsp3) is 0.200. The zero-order chi connectivity index (χ0) is 21.0. The Morgan fingerprint density at radius 3 is 2.45 bits per heavy atom. The largest absolute Gasteiger partial charge is 0.493 e. The van der Waals surface area contributed by atoms with Crippen LogP contribution in [0.1, 0.15) is 11.1 Å². The number of benzene rings is 2. The van der Waals surface area contributed by atoms with Gasteiger partial charge in [0.05, 0.1) is 21.3 Å². The Morgan fingerprint density at radius 1 is 1.03 bits per heavy atom. The zero-order valence-corrected chi connectivity index (χ0v) is 15.8. The molecule has 0 bridgehead atoms. The second-order valence-corrected chi connectivity index (χ2v) is 5.67. The summed E-state index contributed by atoms with van der Waals surface area (Å²) in [6.07, 6.45) is 1.47. The minimum atomic E-state index is -2.97. The van der Waals surface area contributed by atoms with Crippen molar-refractivity contribution < 1.29 is 37.3 Å². The van der Waals surface area contributed by atoms with Gasteiger partial charge in [-0.05, 0) is 36.4 Å². The third kappa shape index (κ3) is 4.29. The Balaban J connectivity index is 1.97. The van der Waals surface area contributed by atoms with Crippen LogP contribution in [0.5, 0.6) is 23.0 Å². The first kappa shape index (κ1) is 20.1. The van der Waals surface area contributed by atoms with Gasteiger partial charge in [0.2, 0.25) is 11.6 Å². The van der Waals surface area contributed by atoms with Crippen LogP contribution in [0.25, 0.3) is 6.08 Å². The van der Waals surface area contributed by atoms with E-state index in [1.165, 1.54) is 45.6 Å². The van der Waals surface area contributed by atoms with Crippen LogP contribution in [0.2, 0.25) is 0 Å². The van der Waals surface area contributed by atoms with Crippen molar-refractivity contribution in [1.82, 2.24) is 0 Å². The molecule has 152 valence electrons. The van der Waals surface area contributed by atoms with Gasteiger partial charge in [0.1, 0.15) is 5.75 Å². The van der Waals surface area contributed by atoms with E-state index in [0.717, 1.165) is 0 Å². The summed E-state index contributed by atoms with van der Waals surface area (Å²) in [6, 6.07) is 9.04. The maximum Gasteiger partial charge on any atom is 0.387 e. The fourth-order valence-electron chi connectivity index (χ4n) is 2.72. The van der Waals surface area contributed by atoms with E-state index in [-0.39, 0.29) is 17.3 Å². The lowest BCUT2D eigenvalue weighted by atomic mass is 10.1. The average Bonchev–Trinajstić information content (AvgIpc) is 3.07. The lowest BCUT2D eigenvalue weighted by molar-refractivity contribution is -0.129. The van der Waals surface area contributed by atoms with Gasteiger partial charge in [-0.1, -0.05) is 6.07 Å². The summed E-state index contributed by atoms with van der Waals surface area (Å²) >= 11 is 0. The highest BCUT2D eigenvalue weighted by atomic mass is 19.3. The Kier molecular flexibility index (Phi) is 5.96. The van der Waals surface area contributed by atoms with Crippen molar-refractivity contribution in [3.63, 3.8) is 0 Å². The number of alkyl halides is 2. The van der Waals surface area contributed by atoms with Crippen LogP contribution in [-0.4, -0.2) is 39.8 Å². The number of cyclic esters (lactones) is 1. The maximum atomic E-state index is 12.4. The number of hydrogen-bond donors (Lipinski definition) is 0. The Labute approximate surface area is 165 Å². The van der Waals surface area contributed by atoms with Gasteiger partial charge in [-0.25, -0.2) is 9.79 Å². The molecule has 29 heavy (non-hydrogen) atoms. The molecule has 0 atom stereocenters. The second kappa shape index (κ2) is 8.59. The number of carbonyl (C=O) groups excluding carboxylic acids is 1. The van der Waals surface area contributed by atoms with Crippen LogP contribution in [-0.2, 0) is 9.53 Å². The number of ether oxygens (including phenoxy) is 5. The molecule has 2 aromatic rings. The van der Waals surface area contributed by atoms with Gasteiger partial charge < -0.3 is 23.7 Å². The van der Waals surface area contributed by atoms with Gasteiger partial charge in [0.25, 0.3) is 0 Å². The monoisotopic (exact) mass is 405 g/mol. The van der Waals surface area contributed by atoms with Crippen molar-refractivity contribution in [3.8, 4) is 23.0 Å². The van der Waals surface area contributed by atoms with Crippen LogP contribution >= 0.6 is 0 Å². The molecule has 0 radical (unpaired) electrons. The zero-order valence-electron chi connectivity index (χ0n) is 15.8. The van der Waals surface area contributed by atoms with E-state index in [1.54, 1.807) is 18.2 Å². The fourth-order valence-corrected chi connectivity index (χ4v) is 2.72. The first-order chi connectivity index (χ1) is 14.0. The summed E-state index contributed by atoms with van der Waals surface area (Å²) in [5, 5.41) is 0. The molecule has 3 rings (SSSR count). The molecular formula is C20H17F2NO6. The highest BCUT2D eigenvalue weighted by molar-refractivity contribution is 6.13. The minimum absolute atomic E-state index is 0.00528. The van der Waals surface area contributed by atoms with E-state index in [1.807, 2.05) is 0 Å². The minimum Gasteiger partial charge on any atom is -0.493 e. The molecule has 2 aromatic carbocycles. The Morgan fingerprint density at radius 2 is 1.79 bits per heavy atom. The molecule has 9 heteroatoms. The van der Waals surface area contributed by atoms with Crippen LogP contribution in [0.15, 0.2) is 47.1 Å². The quantitative estimate of drug-likeness (QED) is 0.517. The number of rotatable bonds is 7. The van der Waals surface area contributed by atoms with Gasteiger partial charge >= 0.3 is 12.6 Å². The number of nitrogens with zero attached hydrogens (tertiary/aromatic N) is 1. The molecule has 0 saturated heterocycles. The predicted molar refractivity (Wildman–Crippen MR) is 99.8 cm³/mol. The SMILES string of the molecule is COc1ccc(/C=C2\N=C(c3cccc(OC(F)F)c3)OC2=O)c(OC)c1OC. The highest BCUT2D eigenvalue weighted by Crippen LogP contribution is 2.41. The molecule has 1 heterocycles. The number of carbonyl (C=O) groups is 1. The summed E-state index contributed by atoms with van der Waals surface area (Å²) in [7, 11) is 4.41. The normalized spacial score (nSPS) is 14.6. The van der Waals surface area contributed by atoms with E-state index >= 15 is 0 Å². The van der Waals surface area contributed by atoms with Crippen LogP contribution in [0, 0.1) is 0 Å². The molecule has 0 aromatic heterocycles. The van der Waals surface area contributed by atoms with E-state index in [2.05, 4.69) is 9.73 Å². The molecule has 7 nitrogen and oxygen atoms in total. The number of halogens is 2. The number of methoxy groups -OCH3 is 3. The van der Waals surface area contributed by atoms with E-state index in [4.69, 9.17) is 18.9 Å². The topological polar surface area (TPSA) is 75.6 Å². The van der Waals surface area contributed by atoms with Gasteiger partial charge in [-0.3, -0.25) is 0 Å². The van der Waals surface area contributed by atoms with Crippen LogP contribution in [0.3, 0.4) is 0 Å². The predicted octanol–water partition coefficient (Wildman–Crippen LogP) is 3.66. The Hall–Kier alpha value is -3.62. The van der Waals surface area contributed by atoms with Gasteiger partial charge in [0.15, 0.2) is 17.2 Å². The van der Waals surface area contributed by atoms with Crippen molar-refractivity contribution in [2.75, 3.05) is 21.3 Å². The smallest absolute Gasteiger partial charge is 0.387 e. The summed E-state index contributed by atoms with van der Waals surface area (Å²) in [6.45, 7) is -2.97. The molecule has 0 N–H and O–H groups in total. The highest BCUT2D eigenvalue weighted by Gasteiger charge is 2.26. The molecule has 1 aliphatic rings. The lowest BCUT2D eigenvalue weighted by Gasteiger charge is -2.14. The summed E-state index contributed by atoms with van der Waals surface area (Å²) in [4.78, 5) is 16.4. The van der Waals surface area contributed by atoms with Crippen molar-refractivity contribution in [3.05, 3.63) is 53.2 Å². The van der Waals surface area contributed by atoms with Crippen LogP contribution in [0.4, 0.5) is 8.78 Å². The maximum absolute atomic E-state index is 12.4. The molecule has 0 saturated carbocycles. The third-order valence-electron chi connectivity index (χ3n) is 3.95. The molecule has 0 aliphatic carbocycles. The number of hydrogen-bond acceptors (Lipinski definition) is 7. The summed E-state index contributed by atoms with van der Waals surface area (Å²) in [5.74, 6) is 0.369. The van der Waals surface area contributed by atoms with Gasteiger partial charge in [-0.2, -0.15) is 8.78 Å². The molecule has 0 amide bonds. The van der Waals surface area contributed by atoms with Gasteiger partial charge in [0, 0.05) is 11.1 Å². The molecule has 1 aliphatic heterocycles. The van der Waals surface area contributed by atoms with E-state index in [9.17, 15) is 13.6 Å². The van der Waals surface area contributed by atoms with E-state index < -0.39 is 12.6 Å². The molecule has 0 unspecified atom stereocenters. The van der Waals surface area contributed by atoms with Crippen molar-refractivity contribution in [2.24, 2.45) is 4.99 Å². The summed E-state index contributed by atoms with van der Waals surface area (Å²) < 4.78 is 50.3. The summed E-state index contributed by atoms with van der Waals surface area (Å²) in [5.41, 5.74) is 0.835. The van der Waals surface area contributed by atoms with Gasteiger partial charge in [-0.15, -0.1) is 0 Å². The molecule has 0 spiro atoms. The lowest BCUT2D eigenvalue weighted by Crippen LogP contribution is -2.07. The van der Waals surface area contributed by atoms with Crippen molar-refractivity contribution in [2.45, 2.75) is 6.61 Å². The number of esters is 1. The first-order valence-corrected chi connectivity index (χ1v) is 8.33. The van der Waals surface area contributed by atoms with Crippen molar-refractivity contribution in [1.29, 1.82) is 0 Å². The average molecular weight is 405 g/mol. The molecular weight excluding hydrogens is 388 g/mol. The van der Waals surface area contributed by atoms with Crippen molar-refractivity contribution >= 4 is 17.9 Å². The van der Waals surface area contributed by atoms with E-state index in [0.29, 0.717) is 28.4 Å². The van der Waals surface area contributed by atoms with Crippen LogP contribution < -0.4 is 18.9 Å². The number of aliphatic imine (C=N–C) groups is 1. The first-order valence-electron chi connectivity index (χ1n) is 8.33.